The summed E-state index contributed by atoms with van der Waals surface area (Å²) in [5.41, 5.74) is 3.72. The van der Waals surface area contributed by atoms with Crippen molar-refractivity contribution in [3.05, 3.63) is 110 Å². The molecule has 0 amide bonds. The van der Waals surface area contributed by atoms with Gasteiger partial charge < -0.3 is 0 Å². The van der Waals surface area contributed by atoms with Crippen molar-refractivity contribution in [3.8, 4) is 16.8 Å². The largest absolute Gasteiger partial charge is 0.268 e. The lowest BCUT2D eigenvalue weighted by atomic mass is 10.0. The van der Waals surface area contributed by atoms with Crippen molar-refractivity contribution in [2.24, 2.45) is 0 Å². The molecular formula is C26H18Cl2N2OS2. The maximum absolute atomic E-state index is 13.9. The van der Waals surface area contributed by atoms with Crippen molar-refractivity contribution in [1.29, 1.82) is 0 Å². The predicted octanol–water partition coefficient (Wildman–Crippen LogP) is 8.02. The van der Waals surface area contributed by atoms with Crippen LogP contribution in [0.2, 0.25) is 10.0 Å². The van der Waals surface area contributed by atoms with E-state index in [1.165, 1.54) is 11.8 Å². The highest BCUT2D eigenvalue weighted by atomic mass is 35.5. The van der Waals surface area contributed by atoms with Crippen LogP contribution in [0.5, 0.6) is 0 Å². The maximum Gasteiger partial charge on any atom is 0.268 e. The molecule has 5 aromatic rings. The third kappa shape index (κ3) is 4.34. The maximum atomic E-state index is 13.9. The lowest BCUT2D eigenvalue weighted by molar-refractivity contribution is 0.822. The highest BCUT2D eigenvalue weighted by Gasteiger charge is 2.21. The van der Waals surface area contributed by atoms with Gasteiger partial charge in [0, 0.05) is 16.2 Å². The van der Waals surface area contributed by atoms with Crippen molar-refractivity contribution >= 4 is 56.5 Å². The molecule has 0 aliphatic heterocycles. The first kappa shape index (κ1) is 22.2. The van der Waals surface area contributed by atoms with Gasteiger partial charge in [-0.25, -0.2) is 4.98 Å². The molecule has 33 heavy (non-hydrogen) atoms. The molecule has 0 aliphatic carbocycles. The summed E-state index contributed by atoms with van der Waals surface area (Å²) >= 11 is 15.3. The smallest absolute Gasteiger partial charge is 0.268 e. The van der Waals surface area contributed by atoms with E-state index in [9.17, 15) is 4.79 Å². The number of hydrogen-bond donors (Lipinski definition) is 0. The Bertz CT molecular complexity index is 1510. The number of fused-ring (bicyclic) bond motifs is 1. The van der Waals surface area contributed by atoms with Crippen LogP contribution >= 0.6 is 46.3 Å². The summed E-state index contributed by atoms with van der Waals surface area (Å²) in [7, 11) is 0. The van der Waals surface area contributed by atoms with E-state index in [1.54, 1.807) is 22.0 Å². The molecule has 5 rings (SSSR count). The number of aromatic nitrogens is 2. The van der Waals surface area contributed by atoms with Gasteiger partial charge in [-0.15, -0.1) is 11.3 Å². The molecule has 164 valence electrons. The summed E-state index contributed by atoms with van der Waals surface area (Å²) in [6.07, 6.45) is 0. The van der Waals surface area contributed by atoms with Crippen LogP contribution in [-0.4, -0.2) is 9.55 Å². The molecule has 0 radical (unpaired) electrons. The van der Waals surface area contributed by atoms with Gasteiger partial charge in [0.05, 0.1) is 21.1 Å². The van der Waals surface area contributed by atoms with Crippen LogP contribution in [0, 0.1) is 6.92 Å². The van der Waals surface area contributed by atoms with Crippen molar-refractivity contribution in [2.45, 2.75) is 17.8 Å². The predicted molar refractivity (Wildman–Crippen MR) is 141 cm³/mol. The van der Waals surface area contributed by atoms with Crippen LogP contribution < -0.4 is 5.56 Å². The number of hydrogen-bond acceptors (Lipinski definition) is 4. The summed E-state index contributed by atoms with van der Waals surface area (Å²) in [6.45, 7) is 2.05. The first-order chi connectivity index (χ1) is 16.0. The molecule has 0 saturated carbocycles. The summed E-state index contributed by atoms with van der Waals surface area (Å²) < 4.78 is 1.71. The standard InChI is InChI=1S/C26H18Cl2N2OS2/c1-16-22(18-8-4-2-5-9-18)23-24(33-16)29-26(30(25(23)31)19-10-6-3-7-11-19)32-15-17-12-13-20(27)21(28)14-17/h2-14H,15H2,1H3. The average molecular weight is 509 g/mol. The third-order valence-electron chi connectivity index (χ3n) is 5.30. The van der Waals surface area contributed by atoms with Gasteiger partial charge in [0.25, 0.3) is 5.56 Å². The Labute approximate surface area is 209 Å². The van der Waals surface area contributed by atoms with Crippen LogP contribution in [0.25, 0.3) is 27.0 Å². The van der Waals surface area contributed by atoms with E-state index in [1.807, 2.05) is 79.7 Å². The summed E-state index contributed by atoms with van der Waals surface area (Å²) in [5, 5.41) is 2.34. The first-order valence-electron chi connectivity index (χ1n) is 10.3. The summed E-state index contributed by atoms with van der Waals surface area (Å²) in [6, 6.07) is 25.3. The minimum atomic E-state index is -0.0639. The number of benzene rings is 3. The highest BCUT2D eigenvalue weighted by Crippen LogP contribution is 2.37. The molecule has 0 fully saturated rings. The molecule has 0 unspecified atom stereocenters. The molecule has 3 aromatic carbocycles. The Morgan fingerprint density at radius 2 is 1.64 bits per heavy atom. The molecule has 0 aliphatic rings. The molecule has 0 spiro atoms. The molecule has 0 atom stereocenters. The molecule has 2 aromatic heterocycles. The minimum Gasteiger partial charge on any atom is -0.268 e. The van der Waals surface area contributed by atoms with Crippen LogP contribution in [0.1, 0.15) is 10.4 Å². The molecule has 7 heteroatoms. The molecule has 0 bridgehead atoms. The zero-order chi connectivity index (χ0) is 22.9. The second-order valence-corrected chi connectivity index (χ2v) is 10.4. The quantitative estimate of drug-likeness (QED) is 0.178. The Morgan fingerprint density at radius 3 is 2.33 bits per heavy atom. The Kier molecular flexibility index (Phi) is 6.30. The second kappa shape index (κ2) is 9.35. The van der Waals surface area contributed by atoms with Crippen LogP contribution in [0.3, 0.4) is 0 Å². The number of thioether (sulfide) groups is 1. The van der Waals surface area contributed by atoms with Crippen molar-refractivity contribution < 1.29 is 0 Å². The van der Waals surface area contributed by atoms with E-state index in [4.69, 9.17) is 28.2 Å². The van der Waals surface area contributed by atoms with Gasteiger partial charge in [0.2, 0.25) is 0 Å². The van der Waals surface area contributed by atoms with Crippen LogP contribution in [-0.2, 0) is 5.75 Å². The van der Waals surface area contributed by atoms with Gasteiger partial charge in [-0.1, -0.05) is 89.6 Å². The highest BCUT2D eigenvalue weighted by molar-refractivity contribution is 7.98. The number of aryl methyl sites for hydroxylation is 1. The fraction of sp³-hybridized carbons (Fsp3) is 0.0769. The van der Waals surface area contributed by atoms with Crippen molar-refractivity contribution in [1.82, 2.24) is 9.55 Å². The summed E-state index contributed by atoms with van der Waals surface area (Å²) in [5.74, 6) is 0.609. The number of thiophene rings is 1. The van der Waals surface area contributed by atoms with E-state index in [-0.39, 0.29) is 5.56 Å². The van der Waals surface area contributed by atoms with Gasteiger partial charge in [0.1, 0.15) is 4.83 Å². The SMILES string of the molecule is Cc1sc2nc(SCc3ccc(Cl)c(Cl)c3)n(-c3ccccc3)c(=O)c2c1-c1ccccc1. The van der Waals surface area contributed by atoms with Crippen molar-refractivity contribution in [3.63, 3.8) is 0 Å². The monoisotopic (exact) mass is 508 g/mol. The lowest BCUT2D eigenvalue weighted by Gasteiger charge is -2.13. The van der Waals surface area contributed by atoms with E-state index in [2.05, 4.69) is 0 Å². The number of rotatable bonds is 5. The van der Waals surface area contributed by atoms with Gasteiger partial charge in [-0.2, -0.15) is 0 Å². The van der Waals surface area contributed by atoms with Gasteiger partial charge in [-0.05, 0) is 42.3 Å². The van der Waals surface area contributed by atoms with E-state index < -0.39 is 0 Å². The Balaban J connectivity index is 1.69. The molecular weight excluding hydrogens is 491 g/mol. The zero-order valence-corrected chi connectivity index (χ0v) is 20.7. The molecule has 0 N–H and O–H groups in total. The molecule has 3 nitrogen and oxygen atoms in total. The average Bonchev–Trinajstić information content (AvgIpc) is 3.17. The topological polar surface area (TPSA) is 34.9 Å². The van der Waals surface area contributed by atoms with Gasteiger partial charge in [0.15, 0.2) is 5.16 Å². The van der Waals surface area contributed by atoms with E-state index >= 15 is 0 Å². The third-order valence-corrected chi connectivity index (χ3v) is 8.05. The van der Waals surface area contributed by atoms with Gasteiger partial charge >= 0.3 is 0 Å². The number of nitrogens with zero attached hydrogens (tertiary/aromatic N) is 2. The zero-order valence-electron chi connectivity index (χ0n) is 17.6. The fourth-order valence-corrected chi connectivity index (χ4v) is 6.14. The summed E-state index contributed by atoms with van der Waals surface area (Å²) in [4.78, 5) is 20.7. The minimum absolute atomic E-state index is 0.0639. The fourth-order valence-electron chi connectivity index (χ4n) is 3.77. The van der Waals surface area contributed by atoms with Gasteiger partial charge in [-0.3, -0.25) is 9.36 Å². The number of para-hydroxylation sites is 1. The molecule has 0 saturated heterocycles. The molecule has 2 heterocycles. The van der Waals surface area contributed by atoms with Crippen molar-refractivity contribution in [2.75, 3.05) is 0 Å². The van der Waals surface area contributed by atoms with Crippen LogP contribution in [0.15, 0.2) is 88.8 Å². The number of halogens is 2. The second-order valence-electron chi connectivity index (χ2n) is 7.49. The Morgan fingerprint density at radius 1 is 0.939 bits per heavy atom. The normalized spacial score (nSPS) is 11.2. The van der Waals surface area contributed by atoms with Crippen LogP contribution in [0.4, 0.5) is 0 Å². The first-order valence-corrected chi connectivity index (χ1v) is 12.8. The van der Waals surface area contributed by atoms with E-state index in [0.717, 1.165) is 32.1 Å². The van der Waals surface area contributed by atoms with E-state index in [0.29, 0.717) is 26.3 Å². The Hall–Kier alpha value is -2.57. The lowest BCUT2D eigenvalue weighted by Crippen LogP contribution is -2.21.